The molecule has 1 rings (SSSR count). The van der Waals surface area contributed by atoms with Crippen molar-refractivity contribution in [2.45, 2.75) is 33.6 Å². The van der Waals surface area contributed by atoms with Crippen molar-refractivity contribution in [2.75, 3.05) is 6.54 Å². The third kappa shape index (κ3) is 8.25. The lowest BCUT2D eigenvalue weighted by Gasteiger charge is -2.03. The fourth-order valence-corrected chi connectivity index (χ4v) is 1.98. The number of benzene rings is 1. The minimum atomic E-state index is -0.0302. The van der Waals surface area contributed by atoms with Crippen molar-refractivity contribution in [3.05, 3.63) is 65.8 Å². The molecule has 1 amide bonds. The van der Waals surface area contributed by atoms with E-state index < -0.39 is 0 Å². The molecular weight excluding hydrogens is 270 g/mol. The van der Waals surface area contributed by atoms with E-state index in [9.17, 15) is 4.79 Å². The Labute approximate surface area is 134 Å². The Balaban J connectivity index is 2.31. The van der Waals surface area contributed by atoms with Crippen LogP contribution in [-0.4, -0.2) is 12.5 Å². The lowest BCUT2D eigenvalue weighted by atomic mass is 10.1. The number of hydrogen-bond donors (Lipinski definition) is 1. The summed E-state index contributed by atoms with van der Waals surface area (Å²) in [5, 5.41) is 2.85. The van der Waals surface area contributed by atoms with Crippen molar-refractivity contribution >= 4 is 12.0 Å². The molecule has 1 aromatic rings. The second-order valence-corrected chi connectivity index (χ2v) is 5.71. The van der Waals surface area contributed by atoms with Gasteiger partial charge in [0.15, 0.2) is 0 Å². The Kier molecular flexibility index (Phi) is 8.66. The zero-order valence-corrected chi connectivity index (χ0v) is 13.9. The fraction of sp³-hybridized carbons (Fsp3) is 0.350. The van der Waals surface area contributed by atoms with Crippen LogP contribution >= 0.6 is 0 Å². The second-order valence-electron chi connectivity index (χ2n) is 5.71. The number of rotatable bonds is 8. The standard InChI is InChI=1S/C20H27NO/c1-4-10-18-12-9-13-19(15-18)11-7-5-6-8-14-20(22)21-16-17(2)3/h4-6,8-10,12-15,17H,7,11,16H2,1-3H3,(H,21,22)/b6-5?,10-4?,14-8+. The van der Waals surface area contributed by atoms with Gasteiger partial charge in [-0.1, -0.05) is 68.5 Å². The molecule has 2 heteroatoms. The molecule has 0 saturated heterocycles. The normalized spacial score (nSPS) is 12.0. The van der Waals surface area contributed by atoms with Gasteiger partial charge in [-0.2, -0.15) is 0 Å². The van der Waals surface area contributed by atoms with Gasteiger partial charge in [-0.25, -0.2) is 0 Å². The Hall–Kier alpha value is -2.09. The van der Waals surface area contributed by atoms with Crippen LogP contribution in [0, 0.1) is 5.92 Å². The van der Waals surface area contributed by atoms with Crippen LogP contribution in [0.1, 0.15) is 38.3 Å². The van der Waals surface area contributed by atoms with Crippen LogP contribution in [0.25, 0.3) is 6.08 Å². The minimum Gasteiger partial charge on any atom is -0.352 e. The highest BCUT2D eigenvalue weighted by molar-refractivity contribution is 5.87. The molecule has 2 nitrogen and oxygen atoms in total. The Morgan fingerprint density at radius 1 is 1.27 bits per heavy atom. The first-order chi connectivity index (χ1) is 10.6. The maximum absolute atomic E-state index is 11.5. The summed E-state index contributed by atoms with van der Waals surface area (Å²) in [6.07, 6.45) is 13.5. The van der Waals surface area contributed by atoms with E-state index in [0.717, 1.165) is 19.4 Å². The van der Waals surface area contributed by atoms with Gasteiger partial charge in [0, 0.05) is 12.6 Å². The fourth-order valence-electron chi connectivity index (χ4n) is 1.98. The Morgan fingerprint density at radius 2 is 2.09 bits per heavy atom. The predicted molar refractivity (Wildman–Crippen MR) is 95.6 cm³/mol. The summed E-state index contributed by atoms with van der Waals surface area (Å²) < 4.78 is 0. The van der Waals surface area contributed by atoms with Gasteiger partial charge in [0.25, 0.3) is 0 Å². The molecule has 0 unspecified atom stereocenters. The molecule has 118 valence electrons. The summed E-state index contributed by atoms with van der Waals surface area (Å²) in [5.74, 6) is 0.448. The summed E-state index contributed by atoms with van der Waals surface area (Å²) in [5.41, 5.74) is 2.57. The SMILES string of the molecule is CC=Cc1cccc(CCC=C/C=C/C(=O)NCC(C)C)c1. The van der Waals surface area contributed by atoms with Gasteiger partial charge in [-0.3, -0.25) is 4.79 Å². The molecule has 0 fully saturated rings. The average molecular weight is 297 g/mol. The zero-order chi connectivity index (χ0) is 16.2. The number of hydrogen-bond acceptors (Lipinski definition) is 1. The molecule has 0 aliphatic rings. The maximum Gasteiger partial charge on any atom is 0.243 e. The zero-order valence-electron chi connectivity index (χ0n) is 13.9. The highest BCUT2D eigenvalue weighted by Crippen LogP contribution is 2.09. The quantitative estimate of drug-likeness (QED) is 0.554. The smallest absolute Gasteiger partial charge is 0.243 e. The number of nitrogens with one attached hydrogen (secondary N) is 1. The molecule has 0 aromatic heterocycles. The van der Waals surface area contributed by atoms with Gasteiger partial charge in [0.1, 0.15) is 0 Å². The summed E-state index contributed by atoms with van der Waals surface area (Å²) >= 11 is 0. The molecule has 0 spiro atoms. The van der Waals surface area contributed by atoms with Gasteiger partial charge < -0.3 is 5.32 Å². The minimum absolute atomic E-state index is 0.0302. The summed E-state index contributed by atoms with van der Waals surface area (Å²) in [6.45, 7) is 6.90. The molecule has 0 aliphatic heterocycles. The Morgan fingerprint density at radius 3 is 2.82 bits per heavy atom. The van der Waals surface area contributed by atoms with Gasteiger partial charge in [-0.05, 0) is 36.8 Å². The molecular formula is C20H27NO. The van der Waals surface area contributed by atoms with Crippen molar-refractivity contribution in [2.24, 2.45) is 5.92 Å². The monoisotopic (exact) mass is 297 g/mol. The third-order valence-corrected chi connectivity index (χ3v) is 3.09. The van der Waals surface area contributed by atoms with E-state index in [2.05, 4.69) is 55.6 Å². The summed E-state index contributed by atoms with van der Waals surface area (Å²) in [4.78, 5) is 11.5. The number of allylic oxidation sites excluding steroid dienone is 4. The van der Waals surface area contributed by atoms with Crippen molar-refractivity contribution in [1.82, 2.24) is 5.32 Å². The van der Waals surface area contributed by atoms with E-state index in [0.29, 0.717) is 5.92 Å². The first-order valence-corrected chi connectivity index (χ1v) is 7.94. The third-order valence-electron chi connectivity index (χ3n) is 3.09. The van der Waals surface area contributed by atoms with E-state index in [1.54, 1.807) is 12.2 Å². The van der Waals surface area contributed by atoms with Crippen LogP contribution in [-0.2, 0) is 11.2 Å². The van der Waals surface area contributed by atoms with Crippen molar-refractivity contribution < 1.29 is 4.79 Å². The lowest BCUT2D eigenvalue weighted by molar-refractivity contribution is -0.116. The van der Waals surface area contributed by atoms with Crippen molar-refractivity contribution in [1.29, 1.82) is 0 Å². The van der Waals surface area contributed by atoms with E-state index in [4.69, 9.17) is 0 Å². The number of aryl methyl sites for hydroxylation is 1. The number of carbonyl (C=O) groups is 1. The van der Waals surface area contributed by atoms with Gasteiger partial charge >= 0.3 is 0 Å². The number of amides is 1. The average Bonchev–Trinajstić information content (AvgIpc) is 2.49. The largest absolute Gasteiger partial charge is 0.352 e. The molecule has 0 aliphatic carbocycles. The van der Waals surface area contributed by atoms with Crippen LogP contribution in [0.4, 0.5) is 0 Å². The molecule has 0 radical (unpaired) electrons. The topological polar surface area (TPSA) is 29.1 Å². The highest BCUT2D eigenvalue weighted by Gasteiger charge is 1.96. The predicted octanol–water partition coefficient (Wildman–Crippen LogP) is 4.54. The van der Waals surface area contributed by atoms with Gasteiger partial charge in [0.05, 0.1) is 0 Å². The van der Waals surface area contributed by atoms with Crippen LogP contribution in [0.5, 0.6) is 0 Å². The molecule has 0 atom stereocenters. The first kappa shape index (κ1) is 18.0. The van der Waals surface area contributed by atoms with Crippen LogP contribution in [0.3, 0.4) is 0 Å². The molecule has 1 N–H and O–H groups in total. The lowest BCUT2D eigenvalue weighted by Crippen LogP contribution is -2.25. The van der Waals surface area contributed by atoms with Crippen LogP contribution < -0.4 is 5.32 Å². The van der Waals surface area contributed by atoms with E-state index in [-0.39, 0.29) is 5.91 Å². The molecule has 0 bridgehead atoms. The summed E-state index contributed by atoms with van der Waals surface area (Å²) in [6, 6.07) is 8.56. The molecule has 0 saturated carbocycles. The number of carbonyl (C=O) groups excluding carboxylic acids is 1. The van der Waals surface area contributed by atoms with Gasteiger partial charge in [0.2, 0.25) is 5.91 Å². The van der Waals surface area contributed by atoms with Crippen molar-refractivity contribution in [3.63, 3.8) is 0 Å². The first-order valence-electron chi connectivity index (χ1n) is 7.94. The molecule has 1 aromatic carbocycles. The second kappa shape index (κ2) is 10.6. The van der Waals surface area contributed by atoms with Crippen molar-refractivity contribution in [3.8, 4) is 0 Å². The van der Waals surface area contributed by atoms with E-state index in [1.807, 2.05) is 19.1 Å². The summed E-state index contributed by atoms with van der Waals surface area (Å²) in [7, 11) is 0. The maximum atomic E-state index is 11.5. The molecule has 0 heterocycles. The van der Waals surface area contributed by atoms with E-state index >= 15 is 0 Å². The Bertz CT molecular complexity index is 538. The van der Waals surface area contributed by atoms with Gasteiger partial charge in [-0.15, -0.1) is 0 Å². The van der Waals surface area contributed by atoms with Crippen LogP contribution in [0.2, 0.25) is 0 Å². The molecule has 22 heavy (non-hydrogen) atoms. The highest BCUT2D eigenvalue weighted by atomic mass is 16.1. The van der Waals surface area contributed by atoms with E-state index in [1.165, 1.54) is 11.1 Å². The van der Waals surface area contributed by atoms with Crippen LogP contribution in [0.15, 0.2) is 54.6 Å².